The van der Waals surface area contributed by atoms with Crippen molar-refractivity contribution in [2.75, 3.05) is 0 Å². The molecule has 0 saturated heterocycles. The minimum absolute atomic E-state index is 0.574. The highest BCUT2D eigenvalue weighted by Crippen LogP contribution is 2.39. The molecule has 50 heavy (non-hydrogen) atoms. The van der Waals surface area contributed by atoms with Gasteiger partial charge < -0.3 is 9.13 Å². The van der Waals surface area contributed by atoms with Gasteiger partial charge in [0, 0.05) is 56.1 Å². The zero-order chi connectivity index (χ0) is 32.8. The molecule has 5 heterocycles. The summed E-state index contributed by atoms with van der Waals surface area (Å²) in [6.07, 6.45) is 5.94. The third-order valence-corrected chi connectivity index (χ3v) is 10.0. The van der Waals surface area contributed by atoms with E-state index in [-0.39, 0.29) is 0 Å². The maximum absolute atomic E-state index is 5.22. The number of hydrogen-bond donors (Lipinski definition) is 0. The molecule has 0 aliphatic heterocycles. The van der Waals surface area contributed by atoms with Crippen LogP contribution >= 0.6 is 0 Å². The Morgan fingerprint density at radius 1 is 0.340 bits per heavy atom. The van der Waals surface area contributed by atoms with Crippen LogP contribution in [0.4, 0.5) is 0 Å². The molecule has 11 rings (SSSR count). The first-order valence-corrected chi connectivity index (χ1v) is 16.7. The van der Waals surface area contributed by atoms with Crippen LogP contribution in [0.15, 0.2) is 164 Å². The molecule has 0 unspecified atom stereocenters. The highest BCUT2D eigenvalue weighted by atomic mass is 15.3. The van der Waals surface area contributed by atoms with Crippen molar-refractivity contribution in [1.82, 2.24) is 33.2 Å². The average Bonchev–Trinajstić information content (AvgIpc) is 3.96. The second-order valence-corrected chi connectivity index (χ2v) is 12.6. The van der Waals surface area contributed by atoms with E-state index in [1.54, 1.807) is 6.33 Å². The molecule has 0 bridgehead atoms. The Labute approximate surface area is 285 Å². The summed E-state index contributed by atoms with van der Waals surface area (Å²) in [5.41, 5.74) is 8.76. The van der Waals surface area contributed by atoms with E-state index in [0.717, 1.165) is 55.2 Å². The lowest BCUT2D eigenvalue weighted by molar-refractivity contribution is 0.886. The molecule has 234 valence electrons. The molecule has 7 nitrogen and oxygen atoms in total. The fraction of sp³-hybridized carbons (Fsp3) is 0. The molecule has 5 aromatic heterocycles. The Kier molecular flexibility index (Phi) is 5.54. The van der Waals surface area contributed by atoms with E-state index in [4.69, 9.17) is 15.0 Å². The van der Waals surface area contributed by atoms with Gasteiger partial charge in [0.2, 0.25) is 11.9 Å². The van der Waals surface area contributed by atoms with Crippen molar-refractivity contribution in [3.8, 4) is 23.3 Å². The van der Waals surface area contributed by atoms with Crippen LogP contribution in [0.3, 0.4) is 0 Å². The molecule has 7 heteroatoms. The first-order valence-electron chi connectivity index (χ1n) is 16.7. The zero-order valence-corrected chi connectivity index (χ0v) is 26.7. The summed E-state index contributed by atoms with van der Waals surface area (Å²) in [5, 5.41) is 7.04. The molecule has 0 fully saturated rings. The first-order chi connectivity index (χ1) is 24.8. The molecule has 0 saturated carbocycles. The molecule has 0 aliphatic carbocycles. The highest BCUT2D eigenvalue weighted by Gasteiger charge is 2.21. The van der Waals surface area contributed by atoms with E-state index in [1.807, 2.05) is 12.1 Å². The van der Waals surface area contributed by atoms with Crippen LogP contribution in [-0.4, -0.2) is 33.2 Å². The summed E-state index contributed by atoms with van der Waals surface area (Å²) in [6.45, 7) is 0. The second kappa shape index (κ2) is 10.3. The summed E-state index contributed by atoms with van der Waals surface area (Å²) in [6, 6.07) is 51.2. The van der Waals surface area contributed by atoms with Crippen LogP contribution in [0, 0.1) is 0 Å². The predicted molar refractivity (Wildman–Crippen MR) is 202 cm³/mol. The third-order valence-electron chi connectivity index (χ3n) is 10.0. The Morgan fingerprint density at radius 3 is 1.22 bits per heavy atom. The van der Waals surface area contributed by atoms with Crippen LogP contribution in [0.1, 0.15) is 0 Å². The van der Waals surface area contributed by atoms with E-state index in [9.17, 15) is 0 Å². The van der Waals surface area contributed by atoms with Crippen molar-refractivity contribution in [1.29, 1.82) is 0 Å². The Bertz CT molecular complexity index is 2880. The van der Waals surface area contributed by atoms with E-state index in [2.05, 4.69) is 164 Å². The lowest BCUT2D eigenvalue weighted by Gasteiger charge is -2.10. The number of para-hydroxylation sites is 4. The average molecular weight is 642 g/mol. The van der Waals surface area contributed by atoms with Crippen LogP contribution < -0.4 is 0 Å². The number of fused-ring (bicyclic) bond motifs is 10. The minimum atomic E-state index is 0.574. The van der Waals surface area contributed by atoms with Gasteiger partial charge in [-0.25, -0.2) is 9.97 Å². The van der Waals surface area contributed by atoms with Crippen LogP contribution in [0.5, 0.6) is 0 Å². The quantitative estimate of drug-likeness (QED) is 0.192. The number of aromatic nitrogens is 7. The lowest BCUT2D eigenvalue weighted by Crippen LogP contribution is -2.07. The molecular formula is C43H27N7. The topological polar surface area (TPSA) is 58.4 Å². The molecule has 0 aliphatic rings. The molecule has 6 aromatic carbocycles. The molecule has 0 amide bonds. The summed E-state index contributed by atoms with van der Waals surface area (Å²) in [4.78, 5) is 14.8. The number of hydrogen-bond acceptors (Lipinski definition) is 3. The second-order valence-electron chi connectivity index (χ2n) is 12.6. The summed E-state index contributed by atoms with van der Waals surface area (Å²) in [5.74, 6) is 1.15. The fourth-order valence-corrected chi connectivity index (χ4v) is 7.92. The van der Waals surface area contributed by atoms with E-state index in [1.165, 1.54) is 21.5 Å². The van der Waals surface area contributed by atoms with Gasteiger partial charge in [0.1, 0.15) is 6.33 Å². The predicted octanol–water partition coefficient (Wildman–Crippen LogP) is 9.95. The normalized spacial score (nSPS) is 12.0. The molecule has 0 atom stereocenters. The van der Waals surface area contributed by atoms with Gasteiger partial charge in [0.25, 0.3) is 0 Å². The molecule has 0 spiro atoms. The largest absolute Gasteiger partial charge is 0.317 e. The van der Waals surface area contributed by atoms with Gasteiger partial charge in [-0.1, -0.05) is 72.8 Å². The number of nitrogens with zero attached hydrogens (tertiary/aromatic N) is 7. The molecule has 11 aromatic rings. The van der Waals surface area contributed by atoms with E-state index >= 15 is 0 Å². The van der Waals surface area contributed by atoms with Crippen LogP contribution in [0.2, 0.25) is 0 Å². The molecular weight excluding hydrogens is 615 g/mol. The Balaban J connectivity index is 1.14. The van der Waals surface area contributed by atoms with Crippen molar-refractivity contribution in [2.24, 2.45) is 0 Å². The summed E-state index contributed by atoms with van der Waals surface area (Å²) in [7, 11) is 0. The summed E-state index contributed by atoms with van der Waals surface area (Å²) < 4.78 is 8.83. The van der Waals surface area contributed by atoms with Crippen LogP contribution in [0.25, 0.3) is 88.7 Å². The maximum Gasteiger partial charge on any atom is 0.239 e. The van der Waals surface area contributed by atoms with Gasteiger partial charge in [0.05, 0.1) is 33.1 Å². The van der Waals surface area contributed by atoms with Crippen LogP contribution in [-0.2, 0) is 0 Å². The van der Waals surface area contributed by atoms with Crippen molar-refractivity contribution in [3.63, 3.8) is 0 Å². The van der Waals surface area contributed by atoms with Crippen molar-refractivity contribution in [3.05, 3.63) is 164 Å². The minimum Gasteiger partial charge on any atom is -0.317 e. The number of benzene rings is 6. The SMILES string of the molecule is c1ccc(-n2ccc3c4c5ccccc5n(-c5ncnc(-n6c7ccccc7c7c8ccn(-c9ccccc9)c8ccc76)n5)c4ccc32)cc1. The van der Waals surface area contributed by atoms with Crippen molar-refractivity contribution < 1.29 is 0 Å². The smallest absolute Gasteiger partial charge is 0.239 e. The van der Waals surface area contributed by atoms with Gasteiger partial charge >= 0.3 is 0 Å². The van der Waals surface area contributed by atoms with Gasteiger partial charge in [-0.3, -0.25) is 9.13 Å². The summed E-state index contributed by atoms with van der Waals surface area (Å²) >= 11 is 0. The maximum atomic E-state index is 5.22. The standard InChI is InChI=1S/C43H27N7/c1-3-11-28(12-4-1)47-25-23-32-34(47)19-21-38-40(32)30-15-7-9-17-36(30)49(38)42-44-27-45-43(46-42)50-37-18-10-8-16-31(37)41-33-24-26-48(29-13-5-2-6-14-29)35(33)20-22-39(41)50/h1-27H. The Hall–Kier alpha value is -6.99. The third kappa shape index (κ3) is 3.71. The number of rotatable bonds is 4. The van der Waals surface area contributed by atoms with Gasteiger partial charge in [-0.05, 0) is 72.8 Å². The monoisotopic (exact) mass is 641 g/mol. The van der Waals surface area contributed by atoms with Crippen molar-refractivity contribution in [2.45, 2.75) is 0 Å². The van der Waals surface area contributed by atoms with Gasteiger partial charge in [-0.2, -0.15) is 4.98 Å². The lowest BCUT2D eigenvalue weighted by atomic mass is 10.1. The molecule has 0 radical (unpaired) electrons. The highest BCUT2D eigenvalue weighted by molar-refractivity contribution is 6.22. The van der Waals surface area contributed by atoms with Gasteiger partial charge in [-0.15, -0.1) is 0 Å². The van der Waals surface area contributed by atoms with E-state index < -0.39 is 0 Å². The zero-order valence-electron chi connectivity index (χ0n) is 26.7. The Morgan fingerprint density at radius 2 is 0.740 bits per heavy atom. The van der Waals surface area contributed by atoms with Crippen molar-refractivity contribution >= 4 is 65.4 Å². The first kappa shape index (κ1) is 27.0. The van der Waals surface area contributed by atoms with E-state index in [0.29, 0.717) is 11.9 Å². The van der Waals surface area contributed by atoms with Gasteiger partial charge in [0.15, 0.2) is 0 Å². The fourth-order valence-electron chi connectivity index (χ4n) is 7.92. The molecule has 0 N–H and O–H groups in total.